The molecule has 0 aliphatic rings. The van der Waals surface area contributed by atoms with Gasteiger partial charge in [0.15, 0.2) is 12.2 Å². The van der Waals surface area contributed by atoms with Crippen LogP contribution in [0.4, 0.5) is 5.69 Å². The lowest BCUT2D eigenvalue weighted by atomic mass is 10.1. The highest BCUT2D eigenvalue weighted by Gasteiger charge is 2.23. The third-order valence-corrected chi connectivity index (χ3v) is 3.93. The molecule has 1 N–H and O–H groups in total. The summed E-state index contributed by atoms with van der Waals surface area (Å²) in [5, 5.41) is 11.5. The normalized spacial score (nSPS) is 12.4. The van der Waals surface area contributed by atoms with Crippen LogP contribution in [-0.2, 0) is 14.3 Å². The van der Waals surface area contributed by atoms with E-state index in [0.717, 1.165) is 11.1 Å². The molecule has 0 fully saturated rings. The van der Waals surface area contributed by atoms with Crippen LogP contribution in [0.2, 0.25) is 0 Å². The van der Waals surface area contributed by atoms with Crippen LogP contribution in [0.3, 0.4) is 0 Å². The summed E-state index contributed by atoms with van der Waals surface area (Å²) in [5.41, 5.74) is 3.20. The number of benzene rings is 2. The zero-order chi connectivity index (χ0) is 20.0. The van der Waals surface area contributed by atoms with Crippen LogP contribution in [0.25, 0.3) is 0 Å². The molecule has 2 rings (SSSR count). The van der Waals surface area contributed by atoms with Crippen LogP contribution in [0.5, 0.6) is 5.75 Å². The summed E-state index contributed by atoms with van der Waals surface area (Å²) in [6.07, 6.45) is -1.86. The zero-order valence-electron chi connectivity index (χ0n) is 15.8. The van der Waals surface area contributed by atoms with Crippen molar-refractivity contribution in [3.05, 3.63) is 59.2 Å². The fourth-order valence-corrected chi connectivity index (χ4v) is 2.37. The summed E-state index contributed by atoms with van der Waals surface area (Å²) in [7, 11) is 0. The predicted molar refractivity (Wildman–Crippen MR) is 101 cm³/mol. The van der Waals surface area contributed by atoms with Gasteiger partial charge in [-0.25, -0.2) is 4.79 Å². The lowest BCUT2D eigenvalue weighted by Crippen LogP contribution is -2.35. The van der Waals surface area contributed by atoms with Crippen LogP contribution in [0.15, 0.2) is 42.5 Å². The second-order valence-electron chi connectivity index (χ2n) is 6.28. The van der Waals surface area contributed by atoms with Gasteiger partial charge in [-0.05, 0) is 63.6 Å². The molecule has 2 atom stereocenters. The van der Waals surface area contributed by atoms with E-state index in [2.05, 4.69) is 5.32 Å². The Balaban J connectivity index is 1.91. The van der Waals surface area contributed by atoms with E-state index in [9.17, 15) is 9.59 Å². The third kappa shape index (κ3) is 5.58. The van der Waals surface area contributed by atoms with E-state index < -0.39 is 24.1 Å². The number of nitrogens with zero attached hydrogens (tertiary/aromatic N) is 1. The van der Waals surface area contributed by atoms with E-state index >= 15 is 0 Å². The SMILES string of the molecule is Cc1ccc(NC(=O)[C@@H](C)OC(=O)[C@H](C)Oc2ccc(C#N)cc2)c(C)c1. The molecular formula is C21H22N2O4. The number of anilines is 1. The van der Waals surface area contributed by atoms with Crippen molar-refractivity contribution in [2.45, 2.75) is 39.9 Å². The first-order chi connectivity index (χ1) is 12.8. The van der Waals surface area contributed by atoms with E-state index in [1.807, 2.05) is 38.1 Å². The number of nitriles is 1. The zero-order valence-corrected chi connectivity index (χ0v) is 15.8. The van der Waals surface area contributed by atoms with Crippen LogP contribution >= 0.6 is 0 Å². The first kappa shape index (κ1) is 20.0. The molecule has 0 aliphatic heterocycles. The van der Waals surface area contributed by atoms with Crippen LogP contribution in [0.1, 0.15) is 30.5 Å². The second kappa shape index (κ2) is 8.86. The molecule has 6 nitrogen and oxygen atoms in total. The van der Waals surface area contributed by atoms with Crippen molar-refractivity contribution in [1.82, 2.24) is 0 Å². The average Bonchev–Trinajstić information content (AvgIpc) is 2.64. The smallest absolute Gasteiger partial charge is 0.347 e. The van der Waals surface area contributed by atoms with Crippen LogP contribution in [0, 0.1) is 25.2 Å². The van der Waals surface area contributed by atoms with Gasteiger partial charge in [0.05, 0.1) is 11.6 Å². The van der Waals surface area contributed by atoms with Gasteiger partial charge < -0.3 is 14.8 Å². The van der Waals surface area contributed by atoms with E-state index in [0.29, 0.717) is 17.0 Å². The van der Waals surface area contributed by atoms with E-state index in [1.165, 1.54) is 13.8 Å². The molecule has 0 saturated heterocycles. The summed E-state index contributed by atoms with van der Waals surface area (Å²) >= 11 is 0. The minimum Gasteiger partial charge on any atom is -0.479 e. The number of nitrogens with one attached hydrogen (secondary N) is 1. The Kier molecular flexibility index (Phi) is 6.56. The number of hydrogen-bond acceptors (Lipinski definition) is 5. The maximum absolute atomic E-state index is 12.3. The summed E-state index contributed by atoms with van der Waals surface area (Å²) in [4.78, 5) is 24.4. The number of carbonyl (C=O) groups excluding carboxylic acids is 2. The highest BCUT2D eigenvalue weighted by Crippen LogP contribution is 2.17. The molecule has 1 amide bonds. The van der Waals surface area contributed by atoms with Crippen molar-refractivity contribution in [2.75, 3.05) is 5.32 Å². The van der Waals surface area contributed by atoms with Crippen molar-refractivity contribution < 1.29 is 19.1 Å². The number of rotatable bonds is 6. The molecule has 27 heavy (non-hydrogen) atoms. The first-order valence-corrected chi connectivity index (χ1v) is 8.55. The molecule has 2 aromatic rings. The van der Waals surface area contributed by atoms with E-state index in [1.54, 1.807) is 24.3 Å². The monoisotopic (exact) mass is 366 g/mol. The van der Waals surface area contributed by atoms with Crippen molar-refractivity contribution in [3.63, 3.8) is 0 Å². The molecule has 6 heteroatoms. The number of ether oxygens (including phenoxy) is 2. The molecule has 0 unspecified atom stereocenters. The molecule has 0 aliphatic carbocycles. The van der Waals surface area contributed by atoms with Gasteiger partial charge in [-0.3, -0.25) is 4.79 Å². The fraction of sp³-hybridized carbons (Fsp3) is 0.286. The Morgan fingerprint density at radius 1 is 1.04 bits per heavy atom. The number of amides is 1. The van der Waals surface area contributed by atoms with Crippen molar-refractivity contribution in [2.24, 2.45) is 0 Å². The standard InChI is InChI=1S/C21H22N2O4/c1-13-5-10-19(14(2)11-13)23-20(24)15(3)27-21(25)16(4)26-18-8-6-17(12-22)7-9-18/h5-11,15-16H,1-4H3,(H,23,24)/t15-,16+/m1/s1. The number of esters is 1. The maximum atomic E-state index is 12.3. The van der Waals surface area contributed by atoms with Crippen molar-refractivity contribution in [3.8, 4) is 11.8 Å². The van der Waals surface area contributed by atoms with Gasteiger partial charge in [0.2, 0.25) is 0 Å². The lowest BCUT2D eigenvalue weighted by molar-refractivity contribution is -0.159. The lowest BCUT2D eigenvalue weighted by Gasteiger charge is -2.18. The minimum atomic E-state index is -0.967. The first-order valence-electron chi connectivity index (χ1n) is 8.55. The number of hydrogen-bond donors (Lipinski definition) is 1. The fourth-order valence-electron chi connectivity index (χ4n) is 2.37. The molecule has 140 valence electrons. The predicted octanol–water partition coefficient (Wildman–Crippen LogP) is 3.51. The Morgan fingerprint density at radius 3 is 2.30 bits per heavy atom. The van der Waals surface area contributed by atoms with E-state index in [4.69, 9.17) is 14.7 Å². The van der Waals surface area contributed by atoms with Crippen LogP contribution < -0.4 is 10.1 Å². The Hall–Kier alpha value is -3.33. The molecule has 0 aromatic heterocycles. The molecule has 0 radical (unpaired) electrons. The second-order valence-corrected chi connectivity index (χ2v) is 6.28. The maximum Gasteiger partial charge on any atom is 0.347 e. The summed E-state index contributed by atoms with van der Waals surface area (Å²) in [5.74, 6) is -0.630. The quantitative estimate of drug-likeness (QED) is 0.790. The van der Waals surface area contributed by atoms with Gasteiger partial charge in [-0.1, -0.05) is 17.7 Å². The average molecular weight is 366 g/mol. The summed E-state index contributed by atoms with van der Waals surface area (Å²) in [6, 6.07) is 14.0. The van der Waals surface area contributed by atoms with Gasteiger partial charge in [-0.15, -0.1) is 0 Å². The Bertz CT molecular complexity index is 869. The summed E-state index contributed by atoms with van der Waals surface area (Å²) in [6.45, 7) is 6.91. The van der Waals surface area contributed by atoms with Gasteiger partial charge in [0.1, 0.15) is 5.75 Å². The van der Waals surface area contributed by atoms with Crippen molar-refractivity contribution in [1.29, 1.82) is 5.26 Å². The van der Waals surface area contributed by atoms with E-state index in [-0.39, 0.29) is 0 Å². The summed E-state index contributed by atoms with van der Waals surface area (Å²) < 4.78 is 10.7. The molecule has 2 aromatic carbocycles. The number of aryl methyl sites for hydroxylation is 2. The highest BCUT2D eigenvalue weighted by molar-refractivity contribution is 5.95. The van der Waals surface area contributed by atoms with Gasteiger partial charge in [0, 0.05) is 5.69 Å². The van der Waals surface area contributed by atoms with Gasteiger partial charge in [0.25, 0.3) is 5.91 Å². The Morgan fingerprint density at radius 2 is 1.70 bits per heavy atom. The molecular weight excluding hydrogens is 344 g/mol. The van der Waals surface area contributed by atoms with Gasteiger partial charge >= 0.3 is 5.97 Å². The molecule has 0 bridgehead atoms. The van der Waals surface area contributed by atoms with Crippen LogP contribution in [-0.4, -0.2) is 24.1 Å². The topological polar surface area (TPSA) is 88.4 Å². The molecule has 0 heterocycles. The van der Waals surface area contributed by atoms with Crippen molar-refractivity contribution >= 4 is 17.6 Å². The number of carbonyl (C=O) groups is 2. The largest absolute Gasteiger partial charge is 0.479 e. The molecule has 0 saturated carbocycles. The third-order valence-electron chi connectivity index (χ3n) is 3.93. The van der Waals surface area contributed by atoms with Gasteiger partial charge in [-0.2, -0.15) is 5.26 Å². The minimum absolute atomic E-state index is 0.416. The molecule has 0 spiro atoms. The highest BCUT2D eigenvalue weighted by atomic mass is 16.6. The Labute approximate surface area is 158 Å².